The normalized spacial score (nSPS) is 9.79. The topological polar surface area (TPSA) is 33.3 Å². The number of benzene rings is 2. The van der Waals surface area contributed by atoms with Gasteiger partial charge in [0.05, 0.1) is 7.11 Å². The largest absolute Gasteiger partial charge is 0.497 e. The predicted molar refractivity (Wildman–Crippen MR) is 80.8 cm³/mol. The first-order chi connectivity index (χ1) is 9.22. The van der Waals surface area contributed by atoms with Crippen molar-refractivity contribution in [1.29, 1.82) is 0 Å². The Morgan fingerprint density at radius 3 is 2.42 bits per heavy atom. The Hall–Kier alpha value is -2.42. The number of methoxy groups -OCH3 is 1. The Kier molecular flexibility index (Phi) is 4.08. The summed E-state index contributed by atoms with van der Waals surface area (Å²) >= 11 is 0. The summed E-state index contributed by atoms with van der Waals surface area (Å²) in [6.45, 7) is 3.96. The van der Waals surface area contributed by atoms with Gasteiger partial charge in [0.1, 0.15) is 5.75 Å². The van der Waals surface area contributed by atoms with Gasteiger partial charge in [0, 0.05) is 24.1 Å². The Bertz CT molecular complexity index is 561. The van der Waals surface area contributed by atoms with Crippen molar-refractivity contribution < 1.29 is 4.74 Å². The molecule has 0 amide bonds. The standard InChI is InChI=1S/C16H18N2O/c1-12(17-2)13-5-4-6-15(11-13)18-14-7-9-16(19-3)10-8-14/h4-11,17-18H,1H2,2-3H3. The zero-order valence-electron chi connectivity index (χ0n) is 11.2. The number of hydrogen-bond acceptors (Lipinski definition) is 3. The molecule has 0 aliphatic heterocycles. The second-order valence-corrected chi connectivity index (χ2v) is 4.16. The van der Waals surface area contributed by atoms with E-state index in [1.807, 2.05) is 49.5 Å². The fourth-order valence-corrected chi connectivity index (χ4v) is 1.77. The fraction of sp³-hybridized carbons (Fsp3) is 0.125. The first-order valence-corrected chi connectivity index (χ1v) is 6.11. The van der Waals surface area contributed by atoms with Gasteiger partial charge < -0.3 is 15.4 Å². The van der Waals surface area contributed by atoms with Crippen LogP contribution in [0.5, 0.6) is 5.75 Å². The summed E-state index contributed by atoms with van der Waals surface area (Å²) in [4.78, 5) is 0. The molecule has 2 aromatic carbocycles. The molecule has 0 atom stereocenters. The molecule has 2 N–H and O–H groups in total. The van der Waals surface area contributed by atoms with Crippen LogP contribution in [-0.4, -0.2) is 14.2 Å². The van der Waals surface area contributed by atoms with Gasteiger partial charge in [-0.15, -0.1) is 0 Å². The second-order valence-electron chi connectivity index (χ2n) is 4.16. The third-order valence-corrected chi connectivity index (χ3v) is 2.89. The lowest BCUT2D eigenvalue weighted by atomic mass is 10.1. The van der Waals surface area contributed by atoms with Crippen LogP contribution in [0.15, 0.2) is 55.1 Å². The summed E-state index contributed by atoms with van der Waals surface area (Å²) in [6, 6.07) is 15.9. The lowest BCUT2D eigenvalue weighted by Gasteiger charge is -2.10. The van der Waals surface area contributed by atoms with Gasteiger partial charge in [-0.3, -0.25) is 0 Å². The molecular weight excluding hydrogens is 236 g/mol. The molecule has 0 unspecified atom stereocenters. The first-order valence-electron chi connectivity index (χ1n) is 6.11. The van der Waals surface area contributed by atoms with E-state index in [9.17, 15) is 0 Å². The third-order valence-electron chi connectivity index (χ3n) is 2.89. The third kappa shape index (κ3) is 3.28. The molecule has 0 fully saturated rings. The van der Waals surface area contributed by atoms with E-state index in [0.29, 0.717) is 0 Å². The van der Waals surface area contributed by atoms with Crippen LogP contribution in [0.25, 0.3) is 5.70 Å². The summed E-state index contributed by atoms with van der Waals surface area (Å²) in [7, 11) is 3.53. The lowest BCUT2D eigenvalue weighted by molar-refractivity contribution is 0.415. The fourth-order valence-electron chi connectivity index (χ4n) is 1.77. The van der Waals surface area contributed by atoms with Gasteiger partial charge >= 0.3 is 0 Å². The number of nitrogens with one attached hydrogen (secondary N) is 2. The maximum absolute atomic E-state index is 5.14. The molecule has 0 aromatic heterocycles. The quantitative estimate of drug-likeness (QED) is 0.854. The number of rotatable bonds is 5. The van der Waals surface area contributed by atoms with E-state index in [1.54, 1.807) is 7.11 Å². The van der Waals surface area contributed by atoms with E-state index in [0.717, 1.165) is 28.4 Å². The number of anilines is 2. The van der Waals surface area contributed by atoms with Crippen molar-refractivity contribution in [3.63, 3.8) is 0 Å². The minimum atomic E-state index is 0.850. The molecule has 98 valence electrons. The number of ether oxygens (including phenoxy) is 1. The Morgan fingerprint density at radius 2 is 1.79 bits per heavy atom. The first kappa shape index (κ1) is 13.0. The highest BCUT2D eigenvalue weighted by Gasteiger charge is 1.99. The maximum Gasteiger partial charge on any atom is 0.119 e. The highest BCUT2D eigenvalue weighted by molar-refractivity contribution is 5.68. The van der Waals surface area contributed by atoms with Crippen LogP contribution in [0.3, 0.4) is 0 Å². The van der Waals surface area contributed by atoms with E-state index in [1.165, 1.54) is 0 Å². The highest BCUT2D eigenvalue weighted by Crippen LogP contribution is 2.22. The van der Waals surface area contributed by atoms with Crippen LogP contribution in [0.2, 0.25) is 0 Å². The van der Waals surface area contributed by atoms with E-state index in [4.69, 9.17) is 4.74 Å². The second kappa shape index (κ2) is 5.96. The van der Waals surface area contributed by atoms with Crippen LogP contribution in [-0.2, 0) is 0 Å². The smallest absolute Gasteiger partial charge is 0.119 e. The highest BCUT2D eigenvalue weighted by atomic mass is 16.5. The summed E-state index contributed by atoms with van der Waals surface area (Å²) < 4.78 is 5.14. The van der Waals surface area contributed by atoms with Gasteiger partial charge in [-0.1, -0.05) is 18.7 Å². The maximum atomic E-state index is 5.14. The Labute approximate surface area is 113 Å². The van der Waals surface area contributed by atoms with Gasteiger partial charge in [0.2, 0.25) is 0 Å². The van der Waals surface area contributed by atoms with E-state index in [-0.39, 0.29) is 0 Å². The SMILES string of the molecule is C=C(NC)c1cccc(Nc2ccc(OC)cc2)c1. The molecule has 0 aliphatic rings. The zero-order valence-corrected chi connectivity index (χ0v) is 11.2. The van der Waals surface area contributed by atoms with Gasteiger partial charge in [0.15, 0.2) is 0 Å². The van der Waals surface area contributed by atoms with E-state index in [2.05, 4.69) is 23.3 Å². The van der Waals surface area contributed by atoms with Crippen molar-refractivity contribution in [3.8, 4) is 5.75 Å². The molecule has 3 nitrogen and oxygen atoms in total. The molecule has 3 heteroatoms. The van der Waals surface area contributed by atoms with Gasteiger partial charge in [-0.25, -0.2) is 0 Å². The van der Waals surface area contributed by atoms with Crippen molar-refractivity contribution in [2.24, 2.45) is 0 Å². The average molecular weight is 254 g/mol. The molecule has 0 spiro atoms. The molecule has 19 heavy (non-hydrogen) atoms. The molecule has 0 heterocycles. The van der Waals surface area contributed by atoms with E-state index >= 15 is 0 Å². The average Bonchev–Trinajstić information content (AvgIpc) is 2.47. The molecule has 0 aliphatic carbocycles. The van der Waals surface area contributed by atoms with Crippen molar-refractivity contribution in [1.82, 2.24) is 5.32 Å². The Morgan fingerprint density at radius 1 is 1.05 bits per heavy atom. The van der Waals surface area contributed by atoms with Crippen LogP contribution in [0, 0.1) is 0 Å². The Balaban J connectivity index is 2.16. The summed E-state index contributed by atoms with van der Waals surface area (Å²) in [5.41, 5.74) is 4.02. The molecule has 0 saturated heterocycles. The van der Waals surface area contributed by atoms with Crippen molar-refractivity contribution >= 4 is 17.1 Å². The van der Waals surface area contributed by atoms with Gasteiger partial charge in [-0.05, 0) is 42.0 Å². The molecule has 0 bridgehead atoms. The number of hydrogen-bond donors (Lipinski definition) is 2. The monoisotopic (exact) mass is 254 g/mol. The minimum absolute atomic E-state index is 0.850. The summed E-state index contributed by atoms with van der Waals surface area (Å²) in [6.07, 6.45) is 0. The summed E-state index contributed by atoms with van der Waals surface area (Å²) in [5, 5.41) is 6.40. The van der Waals surface area contributed by atoms with Crippen LogP contribution < -0.4 is 15.4 Å². The lowest BCUT2D eigenvalue weighted by Crippen LogP contribution is -2.03. The molecular formula is C16H18N2O. The molecule has 2 rings (SSSR count). The van der Waals surface area contributed by atoms with Crippen LogP contribution in [0.4, 0.5) is 11.4 Å². The van der Waals surface area contributed by atoms with Crippen LogP contribution >= 0.6 is 0 Å². The minimum Gasteiger partial charge on any atom is -0.497 e. The van der Waals surface area contributed by atoms with Crippen LogP contribution in [0.1, 0.15) is 5.56 Å². The van der Waals surface area contributed by atoms with E-state index < -0.39 is 0 Å². The van der Waals surface area contributed by atoms with Crippen molar-refractivity contribution in [3.05, 3.63) is 60.7 Å². The van der Waals surface area contributed by atoms with Crippen molar-refractivity contribution in [2.75, 3.05) is 19.5 Å². The van der Waals surface area contributed by atoms with Gasteiger partial charge in [-0.2, -0.15) is 0 Å². The molecule has 0 saturated carbocycles. The molecule has 2 aromatic rings. The van der Waals surface area contributed by atoms with Gasteiger partial charge in [0.25, 0.3) is 0 Å². The molecule has 0 radical (unpaired) electrons. The van der Waals surface area contributed by atoms with Crippen molar-refractivity contribution in [2.45, 2.75) is 0 Å². The zero-order chi connectivity index (χ0) is 13.7. The summed E-state index contributed by atoms with van der Waals surface area (Å²) in [5.74, 6) is 0.850. The predicted octanol–water partition coefficient (Wildman–Crippen LogP) is 3.63.